The lowest BCUT2D eigenvalue weighted by Gasteiger charge is -2.24. The van der Waals surface area contributed by atoms with E-state index in [1.54, 1.807) is 23.1 Å². The van der Waals surface area contributed by atoms with E-state index in [1.165, 1.54) is 5.56 Å². The van der Waals surface area contributed by atoms with Gasteiger partial charge in [0, 0.05) is 40.6 Å². The van der Waals surface area contributed by atoms with Crippen LogP contribution in [0, 0.1) is 6.92 Å². The fraction of sp³-hybridized carbons (Fsp3) is 0.179. The van der Waals surface area contributed by atoms with Crippen LogP contribution in [-0.2, 0) is 11.4 Å². The van der Waals surface area contributed by atoms with Gasteiger partial charge in [-0.15, -0.1) is 10.2 Å². The summed E-state index contributed by atoms with van der Waals surface area (Å²) in [5.41, 5.74) is 8.40. The Morgan fingerprint density at radius 1 is 0.588 bits per heavy atom. The summed E-state index contributed by atoms with van der Waals surface area (Å²) in [4.78, 5) is 36.5. The second-order valence-electron chi connectivity index (χ2n) is 16.1. The highest BCUT2D eigenvalue weighted by molar-refractivity contribution is 6.34. The number of rotatable bonds is 16. The summed E-state index contributed by atoms with van der Waals surface area (Å²) in [5.74, 6) is 0.441. The molecule has 68 heavy (non-hydrogen) atoms. The van der Waals surface area contributed by atoms with Crippen molar-refractivity contribution in [3.8, 4) is 22.6 Å². The summed E-state index contributed by atoms with van der Waals surface area (Å²) in [6.45, 7) is 11.8. The topological polar surface area (TPSA) is 118 Å². The number of para-hydroxylation sites is 1. The summed E-state index contributed by atoms with van der Waals surface area (Å²) in [6.07, 6.45) is 0. The Hall–Kier alpha value is -7.73. The van der Waals surface area contributed by atoms with E-state index in [-0.39, 0.29) is 24.9 Å². The molecule has 0 radical (unpaired) electrons. The molecule has 9 rings (SSSR count). The number of ketones is 1. The molecule has 0 saturated carbocycles. The molecule has 0 atom stereocenters. The largest absolute Gasteiger partial charge is 0.491 e. The van der Waals surface area contributed by atoms with E-state index in [4.69, 9.17) is 41.3 Å². The van der Waals surface area contributed by atoms with E-state index in [2.05, 4.69) is 30.2 Å². The molecule has 0 N–H and O–H groups in total. The van der Waals surface area contributed by atoms with Gasteiger partial charge in [0.25, 0.3) is 5.91 Å². The molecule has 8 aromatic rings. The molecule has 0 heterocycles. The number of anilines is 2. The molecule has 1 amide bonds. The third-order valence-corrected chi connectivity index (χ3v) is 12.2. The van der Waals surface area contributed by atoms with Gasteiger partial charge in [-0.1, -0.05) is 102 Å². The number of halogens is 1. The van der Waals surface area contributed by atoms with Crippen molar-refractivity contribution in [1.82, 2.24) is 0 Å². The van der Waals surface area contributed by atoms with Gasteiger partial charge in [-0.3, -0.25) is 19.5 Å². The van der Waals surface area contributed by atoms with Gasteiger partial charge in [0.2, 0.25) is 0 Å². The standard InChI is InChI=1S/C56H49ClN6O5/c1-6-62(50-21-15-14-20-49(50)57)56(65)48-31-37-17-11-13-19-43(37)52(55(48)67-9-4)61-59-40-25-29-45-44-28-24-39(32-46(44)53(64)47(45)33-40)58-60-51-42-18-12-10-16-36(42)30-38(54(51)66-8-3)34-68-63(7-2)41-26-22-35(5)23-27-41/h10-33H,6-9,34H2,1-5H3. The van der Waals surface area contributed by atoms with Crippen LogP contribution in [0.25, 0.3) is 32.7 Å². The number of amides is 1. The molecule has 12 heteroatoms. The van der Waals surface area contributed by atoms with Crippen molar-refractivity contribution in [2.75, 3.05) is 36.3 Å². The second-order valence-corrected chi connectivity index (χ2v) is 16.5. The number of nitrogens with zero attached hydrogens (tertiary/aromatic N) is 6. The van der Waals surface area contributed by atoms with Crippen molar-refractivity contribution < 1.29 is 23.9 Å². The maximum Gasteiger partial charge on any atom is 0.262 e. The predicted octanol–water partition coefficient (Wildman–Crippen LogP) is 15.4. The van der Waals surface area contributed by atoms with Gasteiger partial charge in [-0.2, -0.15) is 10.2 Å². The first-order valence-corrected chi connectivity index (χ1v) is 23.1. The van der Waals surface area contributed by atoms with Crippen molar-refractivity contribution in [3.05, 3.63) is 178 Å². The first-order chi connectivity index (χ1) is 33.2. The number of ether oxygens (including phenoxy) is 2. The molecule has 1 aliphatic carbocycles. The van der Waals surface area contributed by atoms with Crippen LogP contribution in [0.5, 0.6) is 11.5 Å². The Morgan fingerprint density at radius 2 is 1.15 bits per heavy atom. The average Bonchev–Trinajstić information content (AvgIpc) is 3.64. The number of aryl methyl sites for hydroxylation is 1. The van der Waals surface area contributed by atoms with Gasteiger partial charge in [-0.05, 0) is 117 Å². The third kappa shape index (κ3) is 8.93. The molecule has 11 nitrogen and oxygen atoms in total. The summed E-state index contributed by atoms with van der Waals surface area (Å²) >= 11 is 6.57. The van der Waals surface area contributed by atoms with E-state index in [1.807, 2.05) is 142 Å². The zero-order chi connectivity index (χ0) is 47.3. The van der Waals surface area contributed by atoms with Crippen molar-refractivity contribution in [1.29, 1.82) is 0 Å². The molecule has 0 spiro atoms. The van der Waals surface area contributed by atoms with Gasteiger partial charge in [-0.25, -0.2) is 0 Å². The number of benzene rings is 8. The van der Waals surface area contributed by atoms with Gasteiger partial charge >= 0.3 is 0 Å². The van der Waals surface area contributed by atoms with Crippen LogP contribution in [0.15, 0.2) is 166 Å². The maximum absolute atomic E-state index is 14.4. The summed E-state index contributed by atoms with van der Waals surface area (Å²) in [7, 11) is 0. The predicted molar refractivity (Wildman–Crippen MR) is 272 cm³/mol. The van der Waals surface area contributed by atoms with E-state index < -0.39 is 0 Å². The van der Waals surface area contributed by atoms with E-state index >= 15 is 0 Å². The zero-order valence-electron chi connectivity index (χ0n) is 38.5. The highest BCUT2D eigenvalue weighted by Crippen LogP contribution is 2.45. The Labute approximate surface area is 400 Å². The average molecular weight is 921 g/mol. The second kappa shape index (κ2) is 20.0. The molecule has 0 unspecified atom stereocenters. The van der Waals surface area contributed by atoms with E-state index in [0.29, 0.717) is 81.3 Å². The van der Waals surface area contributed by atoms with Crippen LogP contribution in [0.3, 0.4) is 0 Å². The van der Waals surface area contributed by atoms with Crippen molar-refractivity contribution in [3.63, 3.8) is 0 Å². The minimum absolute atomic E-state index is 0.162. The first kappa shape index (κ1) is 45.4. The number of carbonyl (C=O) groups excluding carboxylic acids is 2. The van der Waals surface area contributed by atoms with Crippen LogP contribution in [-0.4, -0.2) is 38.0 Å². The van der Waals surface area contributed by atoms with Crippen LogP contribution in [0.1, 0.15) is 65.1 Å². The summed E-state index contributed by atoms with van der Waals surface area (Å²) in [6, 6.07) is 46.0. The van der Waals surface area contributed by atoms with Crippen LogP contribution in [0.4, 0.5) is 34.1 Å². The molecule has 0 aliphatic heterocycles. The zero-order valence-corrected chi connectivity index (χ0v) is 39.3. The number of hydroxylamine groups is 1. The van der Waals surface area contributed by atoms with E-state index in [0.717, 1.165) is 43.9 Å². The monoisotopic (exact) mass is 920 g/mol. The molecular weight excluding hydrogens is 872 g/mol. The van der Waals surface area contributed by atoms with Crippen molar-refractivity contribution in [2.24, 2.45) is 20.5 Å². The van der Waals surface area contributed by atoms with Gasteiger partial charge in [0.1, 0.15) is 18.0 Å². The smallest absolute Gasteiger partial charge is 0.262 e. The van der Waals surface area contributed by atoms with Gasteiger partial charge in [0.05, 0.1) is 46.5 Å². The Balaban J connectivity index is 1.01. The molecular formula is C56H49ClN6O5. The highest BCUT2D eigenvalue weighted by atomic mass is 35.5. The third-order valence-electron chi connectivity index (χ3n) is 11.8. The molecule has 8 aromatic carbocycles. The maximum atomic E-state index is 14.4. The van der Waals surface area contributed by atoms with Crippen molar-refractivity contribution in [2.45, 2.75) is 41.2 Å². The van der Waals surface area contributed by atoms with Crippen molar-refractivity contribution >= 4 is 79.0 Å². The van der Waals surface area contributed by atoms with Crippen LogP contribution in [0.2, 0.25) is 5.02 Å². The quantitative estimate of drug-likeness (QED) is 0.0703. The minimum Gasteiger partial charge on any atom is -0.491 e. The molecule has 0 bridgehead atoms. The first-order valence-electron chi connectivity index (χ1n) is 22.8. The Morgan fingerprint density at radius 3 is 1.74 bits per heavy atom. The molecule has 1 aliphatic rings. The number of carbonyl (C=O) groups is 2. The lowest BCUT2D eigenvalue weighted by Crippen LogP contribution is -2.31. The number of hydrogen-bond acceptors (Lipinski definition) is 10. The Bertz CT molecular complexity index is 3280. The van der Waals surface area contributed by atoms with Gasteiger partial charge < -0.3 is 14.4 Å². The number of hydrogen-bond donors (Lipinski definition) is 0. The summed E-state index contributed by atoms with van der Waals surface area (Å²) < 4.78 is 12.5. The lowest BCUT2D eigenvalue weighted by atomic mass is 10.0. The van der Waals surface area contributed by atoms with E-state index in [9.17, 15) is 9.59 Å². The summed E-state index contributed by atoms with van der Waals surface area (Å²) in [5, 5.41) is 24.6. The fourth-order valence-electron chi connectivity index (χ4n) is 8.58. The number of fused-ring (bicyclic) bond motifs is 5. The molecule has 0 aromatic heterocycles. The molecule has 0 saturated heterocycles. The highest BCUT2D eigenvalue weighted by Gasteiger charge is 2.29. The Kier molecular flexibility index (Phi) is 13.4. The van der Waals surface area contributed by atoms with Crippen LogP contribution < -0.4 is 19.4 Å². The lowest BCUT2D eigenvalue weighted by molar-refractivity contribution is 0.0953. The minimum atomic E-state index is -0.287. The van der Waals surface area contributed by atoms with Crippen LogP contribution >= 0.6 is 11.6 Å². The fourth-order valence-corrected chi connectivity index (χ4v) is 8.82. The normalized spacial score (nSPS) is 12.0. The van der Waals surface area contributed by atoms with Gasteiger partial charge in [0.15, 0.2) is 17.3 Å². The molecule has 340 valence electrons. The SMILES string of the molecule is CCOc1c(CON(CC)c2ccc(C)cc2)cc2ccccc2c1N=Nc1ccc2c(c1)C(=O)c1cc(N=Nc3c(OCC)c(C(=O)N(CC)c4ccccc4Cl)cc4ccccc34)ccc1-2. The number of azo groups is 2. The molecule has 0 fully saturated rings.